The van der Waals surface area contributed by atoms with Crippen molar-refractivity contribution in [3.05, 3.63) is 41.7 Å². The van der Waals surface area contributed by atoms with Gasteiger partial charge in [-0.05, 0) is 51.3 Å². The number of hydrogen-bond acceptors (Lipinski definition) is 4. The Morgan fingerprint density at radius 1 is 1.10 bits per heavy atom. The third kappa shape index (κ3) is 6.47. The lowest BCUT2D eigenvalue weighted by molar-refractivity contribution is -0.127. The number of benzene rings is 1. The number of ether oxygens (including phenoxy) is 2. The molecule has 0 unspecified atom stereocenters. The van der Waals surface area contributed by atoms with Crippen molar-refractivity contribution in [3.63, 3.8) is 0 Å². The van der Waals surface area contributed by atoms with Gasteiger partial charge in [0.1, 0.15) is 19.0 Å². The first-order chi connectivity index (χ1) is 14.2. The Labute approximate surface area is 178 Å². The molecule has 6 nitrogen and oxygen atoms in total. The molecule has 1 aliphatic rings. The Morgan fingerprint density at radius 2 is 1.73 bits per heavy atom. The lowest BCUT2D eigenvalue weighted by Gasteiger charge is -2.36. The molecule has 0 heterocycles. The Bertz CT molecular complexity index is 747. The molecular weight excluding hydrogens is 387 g/mol. The number of carbonyl (C=O) groups is 2. The fourth-order valence-electron chi connectivity index (χ4n) is 3.69. The summed E-state index contributed by atoms with van der Waals surface area (Å²) >= 11 is 0. The van der Waals surface area contributed by atoms with Crippen LogP contribution in [0.1, 0.15) is 58.4 Å². The third-order valence-corrected chi connectivity index (χ3v) is 5.22. The Morgan fingerprint density at radius 3 is 2.27 bits per heavy atom. The number of nitrogens with one attached hydrogen (secondary N) is 2. The first kappa shape index (κ1) is 23.7. The molecule has 0 saturated heterocycles. The highest BCUT2D eigenvalue weighted by Crippen LogP contribution is 2.40. The highest BCUT2D eigenvalue weighted by molar-refractivity contribution is 5.88. The standard InChI is InChI=1S/C23H33FN2O4/c1-22(2,3)26-21(28)30-16-17(14-24)15-29-19-10-8-18(9-11-19)23(20(27)25-4)12-6-5-7-13-23/h8-11,14H,5-7,12-13,15-16H2,1-4H3,(H,25,27)(H,26,28)/b17-14+. The van der Waals surface area contributed by atoms with Gasteiger partial charge in [0, 0.05) is 18.2 Å². The first-order valence-corrected chi connectivity index (χ1v) is 10.4. The zero-order valence-electron chi connectivity index (χ0n) is 18.3. The van der Waals surface area contributed by atoms with Gasteiger partial charge in [-0.2, -0.15) is 0 Å². The molecule has 1 aromatic rings. The predicted molar refractivity (Wildman–Crippen MR) is 114 cm³/mol. The zero-order valence-corrected chi connectivity index (χ0v) is 18.3. The minimum atomic E-state index is -0.613. The van der Waals surface area contributed by atoms with Crippen molar-refractivity contribution in [2.75, 3.05) is 20.3 Å². The molecule has 2 rings (SSSR count). The van der Waals surface area contributed by atoms with Crippen molar-refractivity contribution in [1.82, 2.24) is 10.6 Å². The molecule has 1 fully saturated rings. The van der Waals surface area contributed by atoms with Gasteiger partial charge in [0.25, 0.3) is 0 Å². The number of alkyl carbamates (subject to hydrolysis) is 1. The highest BCUT2D eigenvalue weighted by Gasteiger charge is 2.40. The fourth-order valence-corrected chi connectivity index (χ4v) is 3.69. The quantitative estimate of drug-likeness (QED) is 0.686. The molecular formula is C23H33FN2O4. The maximum atomic E-state index is 13.1. The molecule has 0 aliphatic heterocycles. The van der Waals surface area contributed by atoms with Gasteiger partial charge in [-0.25, -0.2) is 9.18 Å². The number of likely N-dealkylation sites (N-methyl/N-ethyl adjacent to an activating group) is 1. The summed E-state index contributed by atoms with van der Waals surface area (Å²) in [5.74, 6) is 0.601. The second-order valence-electron chi connectivity index (χ2n) is 8.75. The van der Waals surface area contributed by atoms with Crippen LogP contribution in [-0.4, -0.2) is 37.8 Å². The zero-order chi connectivity index (χ0) is 22.2. The third-order valence-electron chi connectivity index (χ3n) is 5.22. The molecule has 1 aliphatic carbocycles. The molecule has 2 N–H and O–H groups in total. The summed E-state index contributed by atoms with van der Waals surface area (Å²) in [4.78, 5) is 24.3. The maximum Gasteiger partial charge on any atom is 0.407 e. The summed E-state index contributed by atoms with van der Waals surface area (Å²) in [5, 5.41) is 5.45. The van der Waals surface area contributed by atoms with Gasteiger partial charge in [0.15, 0.2) is 0 Å². The van der Waals surface area contributed by atoms with Crippen molar-refractivity contribution in [1.29, 1.82) is 0 Å². The van der Waals surface area contributed by atoms with Crippen molar-refractivity contribution in [2.45, 2.75) is 63.8 Å². The van der Waals surface area contributed by atoms with E-state index < -0.39 is 17.0 Å². The van der Waals surface area contributed by atoms with E-state index >= 15 is 0 Å². The second-order valence-corrected chi connectivity index (χ2v) is 8.75. The van der Waals surface area contributed by atoms with E-state index in [1.54, 1.807) is 19.2 Å². The van der Waals surface area contributed by atoms with Crippen molar-refractivity contribution < 1.29 is 23.5 Å². The van der Waals surface area contributed by atoms with Gasteiger partial charge in [0.05, 0.1) is 11.7 Å². The maximum absolute atomic E-state index is 13.1. The normalized spacial score (nSPS) is 16.5. The summed E-state index contributed by atoms with van der Waals surface area (Å²) in [6.45, 7) is 5.24. The Balaban J connectivity index is 1.95. The summed E-state index contributed by atoms with van der Waals surface area (Å²) in [5.41, 5.74) is 0.248. The van der Waals surface area contributed by atoms with Gasteiger partial charge in [0.2, 0.25) is 5.91 Å². The van der Waals surface area contributed by atoms with E-state index in [0.717, 1.165) is 37.7 Å². The Kier molecular flexibility index (Phi) is 8.26. The fraction of sp³-hybridized carbons (Fsp3) is 0.565. The van der Waals surface area contributed by atoms with E-state index in [-0.39, 0.29) is 24.7 Å². The topological polar surface area (TPSA) is 76.7 Å². The minimum Gasteiger partial charge on any atom is -0.489 e. The van der Waals surface area contributed by atoms with Crippen LogP contribution in [0.4, 0.5) is 9.18 Å². The van der Waals surface area contributed by atoms with Crippen LogP contribution in [0.25, 0.3) is 0 Å². The van der Waals surface area contributed by atoms with Crippen LogP contribution in [0.5, 0.6) is 5.75 Å². The molecule has 0 radical (unpaired) electrons. The number of carbonyl (C=O) groups excluding carboxylic acids is 2. The van der Waals surface area contributed by atoms with E-state index in [2.05, 4.69) is 10.6 Å². The summed E-state index contributed by atoms with van der Waals surface area (Å²) in [6.07, 6.45) is 4.64. The van der Waals surface area contributed by atoms with Gasteiger partial charge < -0.3 is 20.1 Å². The van der Waals surface area contributed by atoms with Crippen molar-refractivity contribution >= 4 is 12.0 Å². The second kappa shape index (κ2) is 10.5. The van der Waals surface area contributed by atoms with Crippen LogP contribution in [0, 0.1) is 0 Å². The van der Waals surface area contributed by atoms with Crippen molar-refractivity contribution in [2.24, 2.45) is 0 Å². The van der Waals surface area contributed by atoms with Crippen LogP contribution < -0.4 is 15.4 Å². The van der Waals surface area contributed by atoms with Crippen LogP contribution in [0.3, 0.4) is 0 Å². The van der Waals surface area contributed by atoms with E-state index in [1.807, 2.05) is 32.9 Å². The van der Waals surface area contributed by atoms with Gasteiger partial charge in [-0.15, -0.1) is 0 Å². The molecule has 0 aromatic heterocycles. The first-order valence-electron chi connectivity index (χ1n) is 10.4. The molecule has 0 atom stereocenters. The van der Waals surface area contributed by atoms with Gasteiger partial charge >= 0.3 is 6.09 Å². The SMILES string of the molecule is CNC(=O)C1(c2ccc(OC/C(=C\F)COC(=O)NC(C)(C)C)cc2)CCCCC1. The van der Waals surface area contributed by atoms with Crippen LogP contribution >= 0.6 is 0 Å². The number of halogens is 1. The molecule has 0 bridgehead atoms. The minimum absolute atomic E-state index is 0.0424. The average molecular weight is 421 g/mol. The summed E-state index contributed by atoms with van der Waals surface area (Å²) in [7, 11) is 1.67. The molecule has 2 amide bonds. The largest absolute Gasteiger partial charge is 0.489 e. The van der Waals surface area contributed by atoms with E-state index in [0.29, 0.717) is 12.1 Å². The predicted octanol–water partition coefficient (Wildman–Crippen LogP) is 4.39. The number of hydrogen-bond donors (Lipinski definition) is 2. The molecule has 166 valence electrons. The molecule has 30 heavy (non-hydrogen) atoms. The van der Waals surface area contributed by atoms with E-state index in [9.17, 15) is 14.0 Å². The van der Waals surface area contributed by atoms with Crippen molar-refractivity contribution in [3.8, 4) is 5.75 Å². The smallest absolute Gasteiger partial charge is 0.407 e. The average Bonchev–Trinajstić information content (AvgIpc) is 2.73. The monoisotopic (exact) mass is 420 g/mol. The molecule has 7 heteroatoms. The van der Waals surface area contributed by atoms with E-state index in [4.69, 9.17) is 9.47 Å². The Hall–Kier alpha value is -2.57. The van der Waals surface area contributed by atoms with Crippen LogP contribution in [-0.2, 0) is 14.9 Å². The number of rotatable bonds is 7. The van der Waals surface area contributed by atoms with Gasteiger partial charge in [-0.1, -0.05) is 31.4 Å². The van der Waals surface area contributed by atoms with Crippen LogP contribution in [0.15, 0.2) is 36.2 Å². The highest BCUT2D eigenvalue weighted by atomic mass is 19.1. The van der Waals surface area contributed by atoms with Gasteiger partial charge in [-0.3, -0.25) is 4.79 Å². The summed E-state index contributed by atoms with van der Waals surface area (Å²) < 4.78 is 23.8. The van der Waals surface area contributed by atoms with Crippen LogP contribution in [0.2, 0.25) is 0 Å². The summed E-state index contributed by atoms with van der Waals surface area (Å²) in [6, 6.07) is 7.39. The molecule has 0 spiro atoms. The lowest BCUT2D eigenvalue weighted by atomic mass is 9.69. The molecule has 1 aromatic carbocycles. The molecule has 1 saturated carbocycles. The van der Waals surface area contributed by atoms with E-state index in [1.165, 1.54) is 0 Å². The number of amides is 2. The lowest BCUT2D eigenvalue weighted by Crippen LogP contribution is -2.44.